The van der Waals surface area contributed by atoms with Crippen molar-refractivity contribution in [3.8, 4) is 0 Å². The second-order valence-electron chi connectivity index (χ2n) is 3.09. The Balaban J connectivity index is 0.00000256. The van der Waals surface area contributed by atoms with Crippen molar-refractivity contribution in [2.24, 2.45) is 0 Å². The smallest absolute Gasteiger partial charge is 0.222 e. The molecule has 7 heteroatoms. The number of anilines is 1. The summed E-state index contributed by atoms with van der Waals surface area (Å²) < 4.78 is 49.4. The zero-order valence-corrected chi connectivity index (χ0v) is 11.5. The van der Waals surface area contributed by atoms with Gasteiger partial charge < -0.3 is 4.31 Å². The van der Waals surface area contributed by atoms with Crippen LogP contribution in [0.3, 0.4) is 0 Å². The van der Waals surface area contributed by atoms with E-state index < -0.39 is 21.7 Å². The van der Waals surface area contributed by atoms with Gasteiger partial charge in [0.15, 0.2) is 0 Å². The molecule has 0 unspecified atom stereocenters. The molecule has 1 rings (SSSR count). The number of hydrogen-bond donors (Lipinski definition) is 0. The van der Waals surface area contributed by atoms with E-state index in [1.165, 1.54) is 6.08 Å². The van der Waals surface area contributed by atoms with Gasteiger partial charge in [-0.1, -0.05) is 6.08 Å². The Morgan fingerprint density at radius 1 is 1.47 bits per heavy atom. The Hall–Kier alpha value is -0.716. The van der Waals surface area contributed by atoms with E-state index in [-0.39, 0.29) is 33.9 Å². The van der Waals surface area contributed by atoms with Gasteiger partial charge >= 0.3 is 0 Å². The fourth-order valence-corrected chi connectivity index (χ4v) is 2.03. The predicted molar refractivity (Wildman–Crippen MR) is 57.6 cm³/mol. The van der Waals surface area contributed by atoms with Crippen LogP contribution in [0.4, 0.5) is 14.5 Å². The Morgan fingerprint density at radius 2 is 2.06 bits per heavy atom. The number of halogens is 2. The van der Waals surface area contributed by atoms with Crippen molar-refractivity contribution < 1.29 is 38.9 Å². The first-order chi connectivity index (χ1) is 7.36. The number of rotatable bonds is 4. The van der Waals surface area contributed by atoms with Gasteiger partial charge in [0, 0.05) is 39.9 Å². The van der Waals surface area contributed by atoms with E-state index in [9.17, 15) is 17.2 Å². The van der Waals surface area contributed by atoms with Gasteiger partial charge in [-0.3, -0.25) is 0 Å². The Labute approximate surface area is 114 Å². The molecule has 0 N–H and O–H groups in total. The van der Waals surface area contributed by atoms with Crippen molar-refractivity contribution in [3.63, 3.8) is 0 Å². The van der Waals surface area contributed by atoms with Gasteiger partial charge in [0.05, 0.1) is 6.26 Å². The summed E-state index contributed by atoms with van der Waals surface area (Å²) >= 11 is 0. The van der Waals surface area contributed by atoms with E-state index in [1.54, 1.807) is 6.07 Å². The maximum Gasteiger partial charge on any atom is 0.222 e. The molecule has 0 aliphatic heterocycles. The van der Waals surface area contributed by atoms with Crippen molar-refractivity contribution in [1.82, 2.24) is 0 Å². The van der Waals surface area contributed by atoms with Gasteiger partial charge in [0.1, 0.15) is 0 Å². The van der Waals surface area contributed by atoms with E-state index in [4.69, 9.17) is 0 Å². The summed E-state index contributed by atoms with van der Waals surface area (Å²) in [6.07, 6.45) is 2.24. The normalized spacial score (nSPS) is 10.5. The zero-order chi connectivity index (χ0) is 12.3. The van der Waals surface area contributed by atoms with Crippen molar-refractivity contribution in [3.05, 3.63) is 42.5 Å². The first kappa shape index (κ1) is 16.3. The van der Waals surface area contributed by atoms with Crippen LogP contribution in [0.2, 0.25) is 0 Å². The maximum atomic E-state index is 13.3. The number of benzene rings is 1. The third-order valence-corrected chi connectivity index (χ3v) is 2.95. The molecule has 92 valence electrons. The van der Waals surface area contributed by atoms with Gasteiger partial charge in [0.2, 0.25) is 10.0 Å². The average Bonchev–Trinajstić information content (AvgIpc) is 2.13. The molecule has 0 spiro atoms. The van der Waals surface area contributed by atoms with E-state index >= 15 is 0 Å². The average molecular weight is 294 g/mol. The van der Waals surface area contributed by atoms with Gasteiger partial charge in [-0.15, -0.1) is 24.8 Å². The Bertz CT molecular complexity index is 505. The molecule has 3 nitrogen and oxygen atoms in total. The van der Waals surface area contributed by atoms with Crippen molar-refractivity contribution in [2.75, 3.05) is 17.1 Å². The molecule has 0 atom stereocenters. The van der Waals surface area contributed by atoms with E-state index in [0.717, 1.165) is 22.7 Å². The summed E-state index contributed by atoms with van der Waals surface area (Å²) in [6, 6.07) is 3.77. The van der Waals surface area contributed by atoms with Crippen LogP contribution >= 0.6 is 0 Å². The summed E-state index contributed by atoms with van der Waals surface area (Å²) in [5.74, 6) is -1.93. The number of sulfonamides is 1. The minimum atomic E-state index is -3.64. The van der Waals surface area contributed by atoms with Gasteiger partial charge in [-0.05, 0) is 5.69 Å². The molecule has 0 aromatic heterocycles. The van der Waals surface area contributed by atoms with Crippen molar-refractivity contribution in [1.29, 1.82) is 0 Å². The standard InChI is InChI=1S/C10H10F2NO2S.Ti/c1-3-6-13(16(2,14)15)10-5-4-8(11)7-9(10)12;/h3-5H,1,6H2,2H3;/q-1;. The summed E-state index contributed by atoms with van der Waals surface area (Å²) in [7, 11) is -3.64. The molecule has 0 saturated heterocycles. The molecule has 1 aromatic carbocycles. The van der Waals surface area contributed by atoms with E-state index in [0.29, 0.717) is 0 Å². The topological polar surface area (TPSA) is 37.4 Å². The molecule has 0 amide bonds. The van der Waals surface area contributed by atoms with Crippen LogP contribution in [-0.2, 0) is 31.7 Å². The molecule has 0 aliphatic rings. The number of nitrogens with zero attached hydrogens (tertiary/aromatic N) is 1. The molecule has 0 heterocycles. The molecule has 17 heavy (non-hydrogen) atoms. The predicted octanol–water partition coefficient (Wildman–Crippen LogP) is 1.71. The molecule has 0 fully saturated rings. The van der Waals surface area contributed by atoms with Crippen LogP contribution in [0.15, 0.2) is 24.8 Å². The minimum Gasteiger partial charge on any atom is -0.317 e. The maximum absolute atomic E-state index is 13.3. The van der Waals surface area contributed by atoms with Gasteiger partial charge in [-0.25, -0.2) is 17.2 Å². The van der Waals surface area contributed by atoms with Crippen LogP contribution < -0.4 is 4.31 Å². The molecule has 0 aliphatic carbocycles. The van der Waals surface area contributed by atoms with Crippen LogP contribution in [0.1, 0.15) is 0 Å². The van der Waals surface area contributed by atoms with Crippen LogP contribution in [-0.4, -0.2) is 21.2 Å². The fourth-order valence-electron chi connectivity index (χ4n) is 1.16. The molecule has 1 aromatic rings. The number of hydrogen-bond acceptors (Lipinski definition) is 2. The molecule has 0 bridgehead atoms. The van der Waals surface area contributed by atoms with Gasteiger partial charge in [0.25, 0.3) is 0 Å². The second kappa shape index (κ2) is 6.28. The summed E-state index contributed by atoms with van der Waals surface area (Å²) in [6.45, 7) is 3.29. The largest absolute Gasteiger partial charge is 0.317 e. The summed E-state index contributed by atoms with van der Waals surface area (Å²) in [5.41, 5.74) is -0.246. The molecular formula is C10H10F2NO2STi-. The Morgan fingerprint density at radius 3 is 2.47 bits per heavy atom. The van der Waals surface area contributed by atoms with E-state index in [2.05, 4.69) is 6.58 Å². The summed E-state index contributed by atoms with van der Waals surface area (Å²) in [5, 5.41) is 0. The van der Waals surface area contributed by atoms with Crippen LogP contribution in [0.25, 0.3) is 0 Å². The molecule has 0 radical (unpaired) electrons. The van der Waals surface area contributed by atoms with E-state index in [1.807, 2.05) is 0 Å². The zero-order valence-electron chi connectivity index (χ0n) is 9.07. The Kier molecular flexibility index (Phi) is 6.02. The molecular weight excluding hydrogens is 284 g/mol. The van der Waals surface area contributed by atoms with Gasteiger partial charge in [-0.2, -0.15) is 0 Å². The third kappa shape index (κ3) is 4.22. The summed E-state index contributed by atoms with van der Waals surface area (Å²) in [4.78, 5) is 0. The van der Waals surface area contributed by atoms with Crippen molar-refractivity contribution in [2.45, 2.75) is 0 Å². The first-order valence-corrected chi connectivity index (χ1v) is 6.17. The van der Waals surface area contributed by atoms with Crippen molar-refractivity contribution >= 4 is 15.7 Å². The van der Waals surface area contributed by atoms with Crippen LogP contribution in [0, 0.1) is 17.7 Å². The fraction of sp³-hybridized carbons (Fsp3) is 0.200. The quantitative estimate of drug-likeness (QED) is 0.482. The second-order valence-corrected chi connectivity index (χ2v) is 5.00. The first-order valence-electron chi connectivity index (χ1n) is 4.32. The minimum absolute atomic E-state index is 0. The third-order valence-electron chi connectivity index (χ3n) is 1.81. The van der Waals surface area contributed by atoms with Crippen LogP contribution in [0.5, 0.6) is 0 Å². The monoisotopic (exact) mass is 294 g/mol. The molecule has 0 saturated carbocycles. The SMILES string of the molecule is C=CCN(c1ccc(F)[c-]c1F)S(C)(=O)=O.[Ti].